The Morgan fingerprint density at radius 3 is 2.48 bits per heavy atom. The molecule has 4 rings (SSSR count). The number of alkyl halides is 2. The van der Waals surface area contributed by atoms with Crippen molar-refractivity contribution in [1.82, 2.24) is 4.98 Å². The first-order valence-corrected chi connectivity index (χ1v) is 8.46. The summed E-state index contributed by atoms with van der Waals surface area (Å²) >= 11 is 0. The Balaban J connectivity index is 1.88. The number of hydrogen-bond donors (Lipinski definition) is 1. The summed E-state index contributed by atoms with van der Waals surface area (Å²) in [6.07, 6.45) is 0.0997. The summed E-state index contributed by atoms with van der Waals surface area (Å²) in [5, 5.41) is 1.15. The largest absolute Gasteiger partial charge is 0.586 e. The Bertz CT molecular complexity index is 928. The van der Waals surface area contributed by atoms with Gasteiger partial charge in [-0.1, -0.05) is 38.1 Å². The fraction of sp³-hybridized carbons (Fsp3) is 0.300. The summed E-state index contributed by atoms with van der Waals surface area (Å²) < 4.78 is 35.9. The number of fused-ring (bicyclic) bond motifs is 2. The molecule has 130 valence electrons. The molecular formula is C20H19F2NO2. The van der Waals surface area contributed by atoms with Gasteiger partial charge < -0.3 is 14.5 Å². The maximum atomic E-state index is 13.4. The molecule has 5 heteroatoms. The second-order valence-electron chi connectivity index (χ2n) is 6.37. The highest BCUT2D eigenvalue weighted by molar-refractivity contribution is 5.85. The molecule has 0 amide bonds. The van der Waals surface area contributed by atoms with Gasteiger partial charge in [-0.15, -0.1) is 8.78 Å². The van der Waals surface area contributed by atoms with Crippen LogP contribution in [0.2, 0.25) is 0 Å². The lowest BCUT2D eigenvalue weighted by atomic mass is 9.70. The first-order valence-electron chi connectivity index (χ1n) is 8.46. The van der Waals surface area contributed by atoms with Gasteiger partial charge in [0.2, 0.25) is 0 Å². The third-order valence-electron chi connectivity index (χ3n) is 5.27. The monoisotopic (exact) mass is 343 g/mol. The molecule has 3 aromatic rings. The molecule has 0 saturated heterocycles. The minimum atomic E-state index is -3.59. The predicted octanol–water partition coefficient (Wildman–Crippen LogP) is 5.60. The molecule has 0 atom stereocenters. The number of ether oxygens (including phenoxy) is 2. The van der Waals surface area contributed by atoms with Gasteiger partial charge in [0.15, 0.2) is 11.5 Å². The van der Waals surface area contributed by atoms with Crippen LogP contribution in [0.25, 0.3) is 10.9 Å². The Hall–Kier alpha value is -2.56. The van der Waals surface area contributed by atoms with E-state index in [2.05, 4.69) is 34.4 Å². The zero-order valence-electron chi connectivity index (χ0n) is 14.1. The summed E-state index contributed by atoms with van der Waals surface area (Å²) in [5.74, 6) is 0.169. The number of benzene rings is 2. The average Bonchev–Trinajstić information content (AvgIpc) is 3.16. The zero-order valence-corrected chi connectivity index (χ0v) is 14.1. The lowest BCUT2D eigenvalue weighted by Crippen LogP contribution is -2.26. The summed E-state index contributed by atoms with van der Waals surface area (Å²) in [6.45, 7) is 4.23. The number of H-pyrrole nitrogens is 1. The smallest absolute Gasteiger partial charge is 0.395 e. The molecule has 1 aliphatic heterocycles. The normalized spacial score (nSPS) is 15.7. The fourth-order valence-electron chi connectivity index (χ4n) is 3.91. The van der Waals surface area contributed by atoms with Crippen LogP contribution in [0.4, 0.5) is 8.78 Å². The van der Waals surface area contributed by atoms with Crippen LogP contribution in [-0.4, -0.2) is 11.3 Å². The predicted molar refractivity (Wildman–Crippen MR) is 92.3 cm³/mol. The van der Waals surface area contributed by atoms with Crippen molar-refractivity contribution in [3.8, 4) is 11.5 Å². The molecule has 2 aromatic carbocycles. The summed E-state index contributed by atoms with van der Waals surface area (Å²) in [5.41, 5.74) is 2.88. The van der Waals surface area contributed by atoms with Crippen LogP contribution in [0.3, 0.4) is 0 Å². The molecule has 2 heterocycles. The van der Waals surface area contributed by atoms with E-state index in [0.29, 0.717) is 0 Å². The molecule has 1 aromatic heterocycles. The molecule has 1 aliphatic rings. The standard InChI is InChI=1S/C20H19F2NO2/c1-3-19(4-2,15-12-23-16-8-6-5-7-14(15)16)13-9-10-17-18(11-13)25-20(21,22)24-17/h5-12,23H,3-4H2,1-2H3. The van der Waals surface area contributed by atoms with E-state index >= 15 is 0 Å². The van der Waals surface area contributed by atoms with Crippen molar-refractivity contribution in [3.05, 3.63) is 59.8 Å². The van der Waals surface area contributed by atoms with E-state index in [9.17, 15) is 8.78 Å². The van der Waals surface area contributed by atoms with E-state index in [1.165, 1.54) is 5.56 Å². The van der Waals surface area contributed by atoms with Gasteiger partial charge in [-0.3, -0.25) is 0 Å². The third-order valence-corrected chi connectivity index (χ3v) is 5.27. The fourth-order valence-corrected chi connectivity index (χ4v) is 3.91. The lowest BCUT2D eigenvalue weighted by Gasteiger charge is -2.32. The van der Waals surface area contributed by atoms with Crippen molar-refractivity contribution in [1.29, 1.82) is 0 Å². The lowest BCUT2D eigenvalue weighted by molar-refractivity contribution is -0.286. The van der Waals surface area contributed by atoms with Gasteiger partial charge in [-0.2, -0.15) is 0 Å². The highest BCUT2D eigenvalue weighted by Crippen LogP contribution is 2.47. The highest BCUT2D eigenvalue weighted by atomic mass is 19.3. The second kappa shape index (κ2) is 5.48. The van der Waals surface area contributed by atoms with Crippen LogP contribution in [0, 0.1) is 0 Å². The Kier molecular flexibility index (Phi) is 3.49. The Labute approximate surface area is 144 Å². The molecule has 0 unspecified atom stereocenters. The topological polar surface area (TPSA) is 34.2 Å². The van der Waals surface area contributed by atoms with Gasteiger partial charge >= 0.3 is 6.29 Å². The third kappa shape index (κ3) is 2.37. The SMILES string of the molecule is CCC(CC)(c1ccc2c(c1)OC(F)(F)O2)c1c[nH]c2ccccc12. The summed E-state index contributed by atoms with van der Waals surface area (Å²) in [6, 6.07) is 13.2. The zero-order chi connectivity index (χ0) is 17.7. The molecule has 1 N–H and O–H groups in total. The Morgan fingerprint density at radius 2 is 1.72 bits per heavy atom. The van der Waals surface area contributed by atoms with Crippen LogP contribution in [-0.2, 0) is 5.41 Å². The molecule has 0 radical (unpaired) electrons. The second-order valence-corrected chi connectivity index (χ2v) is 6.37. The van der Waals surface area contributed by atoms with Crippen molar-refractivity contribution in [2.45, 2.75) is 38.4 Å². The first kappa shape index (κ1) is 15.9. The van der Waals surface area contributed by atoms with E-state index in [0.717, 1.165) is 29.3 Å². The number of rotatable bonds is 4. The van der Waals surface area contributed by atoms with Crippen LogP contribution in [0.1, 0.15) is 37.8 Å². The van der Waals surface area contributed by atoms with Gasteiger partial charge in [0, 0.05) is 22.5 Å². The number of hydrogen-bond acceptors (Lipinski definition) is 2. The maximum absolute atomic E-state index is 13.4. The summed E-state index contributed by atoms with van der Waals surface area (Å²) in [7, 11) is 0. The molecule has 0 saturated carbocycles. The molecule has 25 heavy (non-hydrogen) atoms. The molecule has 0 spiro atoms. The van der Waals surface area contributed by atoms with E-state index < -0.39 is 6.29 Å². The first-order chi connectivity index (χ1) is 12.0. The number of aromatic amines is 1. The van der Waals surface area contributed by atoms with Gasteiger partial charge in [0.05, 0.1) is 0 Å². The van der Waals surface area contributed by atoms with E-state index in [1.54, 1.807) is 12.1 Å². The number of halogens is 2. The van der Waals surface area contributed by atoms with Crippen LogP contribution in [0.5, 0.6) is 11.5 Å². The molecular weight excluding hydrogens is 324 g/mol. The minimum absolute atomic E-state index is 0.0776. The minimum Gasteiger partial charge on any atom is -0.395 e. The molecule has 0 aliphatic carbocycles. The van der Waals surface area contributed by atoms with Crippen molar-refractivity contribution in [2.24, 2.45) is 0 Å². The van der Waals surface area contributed by atoms with E-state index in [4.69, 9.17) is 0 Å². The van der Waals surface area contributed by atoms with Crippen molar-refractivity contribution < 1.29 is 18.3 Å². The number of aromatic nitrogens is 1. The Morgan fingerprint density at radius 1 is 1.00 bits per heavy atom. The van der Waals surface area contributed by atoms with Crippen molar-refractivity contribution in [3.63, 3.8) is 0 Å². The molecule has 0 fully saturated rings. The summed E-state index contributed by atoms with van der Waals surface area (Å²) in [4.78, 5) is 3.32. The quantitative estimate of drug-likeness (QED) is 0.669. The van der Waals surface area contributed by atoms with Crippen molar-refractivity contribution >= 4 is 10.9 Å². The number of para-hydroxylation sites is 1. The number of nitrogens with one attached hydrogen (secondary N) is 1. The van der Waals surface area contributed by atoms with Gasteiger partial charge in [-0.05, 0) is 42.2 Å². The van der Waals surface area contributed by atoms with Gasteiger partial charge in [-0.25, -0.2) is 0 Å². The van der Waals surface area contributed by atoms with E-state index in [1.807, 2.05) is 30.5 Å². The van der Waals surface area contributed by atoms with Crippen LogP contribution < -0.4 is 9.47 Å². The average molecular weight is 343 g/mol. The van der Waals surface area contributed by atoms with E-state index in [-0.39, 0.29) is 16.9 Å². The van der Waals surface area contributed by atoms with Gasteiger partial charge in [0.25, 0.3) is 0 Å². The van der Waals surface area contributed by atoms with Crippen molar-refractivity contribution in [2.75, 3.05) is 0 Å². The maximum Gasteiger partial charge on any atom is 0.586 e. The highest BCUT2D eigenvalue weighted by Gasteiger charge is 2.44. The van der Waals surface area contributed by atoms with Crippen LogP contribution in [0.15, 0.2) is 48.7 Å². The molecule has 0 bridgehead atoms. The van der Waals surface area contributed by atoms with Gasteiger partial charge in [0.1, 0.15) is 0 Å². The van der Waals surface area contributed by atoms with Crippen LogP contribution >= 0.6 is 0 Å². The molecule has 3 nitrogen and oxygen atoms in total.